The summed E-state index contributed by atoms with van der Waals surface area (Å²) in [6, 6.07) is 9.43. The van der Waals surface area contributed by atoms with Crippen molar-refractivity contribution in [3.8, 4) is 17.0 Å². The summed E-state index contributed by atoms with van der Waals surface area (Å²) < 4.78 is 14.2. The lowest BCUT2D eigenvalue weighted by molar-refractivity contribution is 0.0148. The van der Waals surface area contributed by atoms with Crippen LogP contribution >= 0.6 is 0 Å². The SMILES string of the molecule is O=c1[nH]c2cc(C3CCCCO3)cc3c2nc1-c1cccc2c(=O)n([nH]c12)CCN1CC[C@@H](C1)O3. The Balaban J connectivity index is 1.48. The molecule has 0 spiro atoms. The second-order valence-corrected chi connectivity index (χ2v) is 9.81. The van der Waals surface area contributed by atoms with Crippen molar-refractivity contribution in [2.24, 2.45) is 0 Å². The number of ether oxygens (including phenoxy) is 2. The van der Waals surface area contributed by atoms with Crippen molar-refractivity contribution in [1.82, 2.24) is 24.6 Å². The third-order valence-corrected chi connectivity index (χ3v) is 7.54. The molecule has 0 radical (unpaired) electrons. The highest BCUT2D eigenvalue weighted by Crippen LogP contribution is 2.35. The molecular formula is C26H27N5O4. The van der Waals surface area contributed by atoms with Crippen LogP contribution in [0.25, 0.3) is 33.2 Å². The van der Waals surface area contributed by atoms with E-state index in [4.69, 9.17) is 14.5 Å². The molecular weight excluding hydrogens is 446 g/mol. The molecule has 6 bridgehead atoms. The van der Waals surface area contributed by atoms with E-state index in [1.807, 2.05) is 18.2 Å². The normalized spacial score (nSPS) is 24.2. The Bertz CT molecular complexity index is 1560. The third-order valence-electron chi connectivity index (χ3n) is 7.54. The zero-order valence-corrected chi connectivity index (χ0v) is 19.4. The van der Waals surface area contributed by atoms with Gasteiger partial charge in [-0.1, -0.05) is 12.1 Å². The first-order valence-electron chi connectivity index (χ1n) is 12.4. The standard InChI is InChI=1S/C26H27N5O4/c32-25-23-17-4-3-5-18-22(17)29-31(26(18)33)10-9-30-8-7-16(14-30)35-21-13-15(20-6-1-2-11-34-20)12-19(27-25)24(21)28-23/h3-5,12-13,16,20,29H,1-2,6-11,14H2,(H,27,32)/t16-,20?/m0/s1. The first-order valence-corrected chi connectivity index (χ1v) is 12.4. The van der Waals surface area contributed by atoms with Crippen molar-refractivity contribution < 1.29 is 9.47 Å². The Kier molecular flexibility index (Phi) is 4.82. The van der Waals surface area contributed by atoms with Crippen molar-refractivity contribution in [2.45, 2.75) is 44.4 Å². The van der Waals surface area contributed by atoms with Gasteiger partial charge >= 0.3 is 0 Å². The summed E-state index contributed by atoms with van der Waals surface area (Å²) in [7, 11) is 0. The van der Waals surface area contributed by atoms with Crippen LogP contribution in [0.4, 0.5) is 0 Å². The molecule has 180 valence electrons. The van der Waals surface area contributed by atoms with Crippen LogP contribution in [0.15, 0.2) is 39.9 Å². The number of para-hydroxylation sites is 1. The number of aromatic amines is 2. The van der Waals surface area contributed by atoms with Gasteiger partial charge in [0.2, 0.25) is 0 Å². The fraction of sp³-hybridized carbons (Fsp3) is 0.423. The summed E-state index contributed by atoms with van der Waals surface area (Å²) in [4.78, 5) is 36.6. The first kappa shape index (κ1) is 20.9. The number of benzene rings is 2. The molecule has 3 atom stereocenters. The summed E-state index contributed by atoms with van der Waals surface area (Å²) in [5.41, 5.74) is 3.39. The van der Waals surface area contributed by atoms with Gasteiger partial charge in [0, 0.05) is 31.8 Å². The molecule has 3 aliphatic heterocycles. The molecule has 2 unspecified atom stereocenters. The number of aromatic nitrogens is 4. The Labute approximate surface area is 200 Å². The average molecular weight is 474 g/mol. The minimum Gasteiger partial charge on any atom is -0.487 e. The number of nitrogens with zero attached hydrogens (tertiary/aromatic N) is 3. The van der Waals surface area contributed by atoms with Crippen LogP contribution in [0.3, 0.4) is 0 Å². The van der Waals surface area contributed by atoms with Gasteiger partial charge in [0.25, 0.3) is 11.1 Å². The largest absolute Gasteiger partial charge is 0.487 e. The highest BCUT2D eigenvalue weighted by Gasteiger charge is 2.27. The highest BCUT2D eigenvalue weighted by atomic mass is 16.5. The number of nitrogens with one attached hydrogen (secondary N) is 2. The predicted molar refractivity (Wildman–Crippen MR) is 132 cm³/mol. The van der Waals surface area contributed by atoms with Crippen LogP contribution in [0.2, 0.25) is 0 Å². The molecule has 2 saturated heterocycles. The molecule has 2 fully saturated rings. The summed E-state index contributed by atoms with van der Waals surface area (Å²) in [6.07, 6.45) is 4.03. The summed E-state index contributed by atoms with van der Waals surface area (Å²) in [5.74, 6) is 0.673. The van der Waals surface area contributed by atoms with E-state index in [9.17, 15) is 9.59 Å². The van der Waals surface area contributed by atoms with E-state index in [0.717, 1.165) is 57.5 Å². The quantitative estimate of drug-likeness (QED) is 0.440. The molecule has 2 aromatic heterocycles. The van der Waals surface area contributed by atoms with E-state index in [1.54, 1.807) is 16.8 Å². The average Bonchev–Trinajstić information content (AvgIpc) is 3.46. The van der Waals surface area contributed by atoms with Gasteiger partial charge in [-0.15, -0.1) is 0 Å². The summed E-state index contributed by atoms with van der Waals surface area (Å²) in [6.45, 7) is 3.72. The van der Waals surface area contributed by atoms with Crippen molar-refractivity contribution >= 4 is 21.9 Å². The van der Waals surface area contributed by atoms with E-state index in [2.05, 4.69) is 15.0 Å². The molecule has 35 heavy (non-hydrogen) atoms. The second-order valence-electron chi connectivity index (χ2n) is 9.81. The molecule has 9 heteroatoms. The van der Waals surface area contributed by atoms with Gasteiger partial charge in [-0.05, 0) is 49.4 Å². The lowest BCUT2D eigenvalue weighted by atomic mass is 10.00. The molecule has 0 amide bonds. The summed E-state index contributed by atoms with van der Waals surface area (Å²) >= 11 is 0. The fourth-order valence-electron chi connectivity index (χ4n) is 5.70. The number of fused-ring (bicyclic) bond motifs is 5. The Morgan fingerprint density at radius 3 is 2.89 bits per heavy atom. The number of rotatable bonds is 1. The minimum atomic E-state index is -0.301. The van der Waals surface area contributed by atoms with Gasteiger partial charge in [-0.3, -0.25) is 24.3 Å². The maximum absolute atomic E-state index is 13.3. The first-order chi connectivity index (χ1) is 17.1. The Morgan fingerprint density at radius 1 is 1.06 bits per heavy atom. The van der Waals surface area contributed by atoms with Crippen LogP contribution in [0.1, 0.15) is 37.4 Å². The molecule has 0 saturated carbocycles. The monoisotopic (exact) mass is 473 g/mol. The van der Waals surface area contributed by atoms with Crippen LogP contribution < -0.4 is 15.9 Å². The minimum absolute atomic E-state index is 0.0112. The maximum atomic E-state index is 13.3. The van der Waals surface area contributed by atoms with Gasteiger partial charge < -0.3 is 14.5 Å². The predicted octanol–water partition coefficient (Wildman–Crippen LogP) is 2.94. The van der Waals surface area contributed by atoms with Crippen molar-refractivity contribution in [1.29, 1.82) is 0 Å². The van der Waals surface area contributed by atoms with Gasteiger partial charge in [0.15, 0.2) is 0 Å². The van der Waals surface area contributed by atoms with Crippen LogP contribution in [-0.2, 0) is 11.3 Å². The van der Waals surface area contributed by atoms with Gasteiger partial charge in [-0.2, -0.15) is 0 Å². The van der Waals surface area contributed by atoms with E-state index in [1.165, 1.54) is 0 Å². The van der Waals surface area contributed by atoms with Gasteiger partial charge in [0.1, 0.15) is 23.1 Å². The maximum Gasteiger partial charge on any atom is 0.275 e. The molecule has 2 aromatic carbocycles. The van der Waals surface area contributed by atoms with E-state index in [-0.39, 0.29) is 29.0 Å². The number of hydrogen-bond donors (Lipinski definition) is 2. The van der Waals surface area contributed by atoms with Crippen LogP contribution in [-0.4, -0.2) is 57.0 Å². The zero-order valence-electron chi connectivity index (χ0n) is 19.4. The van der Waals surface area contributed by atoms with Crippen molar-refractivity contribution in [3.05, 3.63) is 56.6 Å². The lowest BCUT2D eigenvalue weighted by Crippen LogP contribution is -2.30. The molecule has 9 nitrogen and oxygen atoms in total. The smallest absolute Gasteiger partial charge is 0.275 e. The number of hydrogen-bond acceptors (Lipinski definition) is 6. The molecule has 5 heterocycles. The molecule has 2 N–H and O–H groups in total. The van der Waals surface area contributed by atoms with E-state index in [0.29, 0.717) is 39.8 Å². The van der Waals surface area contributed by atoms with Gasteiger partial charge in [0.05, 0.1) is 29.1 Å². The molecule has 4 aromatic rings. The zero-order chi connectivity index (χ0) is 23.5. The Hall–Kier alpha value is -3.43. The van der Waals surface area contributed by atoms with Crippen LogP contribution in [0.5, 0.6) is 5.75 Å². The molecule has 3 aliphatic rings. The van der Waals surface area contributed by atoms with E-state index < -0.39 is 0 Å². The van der Waals surface area contributed by atoms with Gasteiger partial charge in [-0.25, -0.2) is 4.98 Å². The highest BCUT2D eigenvalue weighted by molar-refractivity contribution is 5.93. The number of H-pyrrole nitrogens is 2. The lowest BCUT2D eigenvalue weighted by Gasteiger charge is -2.24. The van der Waals surface area contributed by atoms with Crippen molar-refractivity contribution in [3.63, 3.8) is 0 Å². The van der Waals surface area contributed by atoms with Crippen molar-refractivity contribution in [2.75, 3.05) is 26.2 Å². The fourth-order valence-corrected chi connectivity index (χ4v) is 5.70. The molecule has 0 aliphatic carbocycles. The summed E-state index contributed by atoms with van der Waals surface area (Å²) in [5, 5.41) is 3.80. The van der Waals surface area contributed by atoms with Crippen LogP contribution in [0, 0.1) is 0 Å². The Morgan fingerprint density at radius 2 is 2.00 bits per heavy atom. The third kappa shape index (κ3) is 3.49. The molecule has 7 rings (SSSR count). The topological polar surface area (TPSA) is 105 Å². The second kappa shape index (κ2) is 8.07. The van der Waals surface area contributed by atoms with E-state index >= 15 is 0 Å².